The van der Waals surface area contributed by atoms with E-state index < -0.39 is 10.0 Å². The van der Waals surface area contributed by atoms with Crippen LogP contribution in [0, 0.1) is 18.8 Å². The summed E-state index contributed by atoms with van der Waals surface area (Å²) in [6.45, 7) is 2.39. The highest BCUT2D eigenvalue weighted by atomic mass is 35.5. The third-order valence-electron chi connectivity index (χ3n) is 4.03. The van der Waals surface area contributed by atoms with Crippen LogP contribution >= 0.6 is 12.4 Å². The maximum absolute atomic E-state index is 12.5. The number of aryl methyl sites for hydroxylation is 1. The van der Waals surface area contributed by atoms with Gasteiger partial charge in [0.2, 0.25) is 15.9 Å². The molecule has 1 aliphatic rings. The number of nitrogens with two attached hydrogens (primary N) is 1. The number of sulfonamides is 1. The first kappa shape index (κ1) is 19.7. The molecular formula is C15H24ClN3O3S. The summed E-state index contributed by atoms with van der Waals surface area (Å²) in [7, 11) is -3.40. The van der Waals surface area contributed by atoms with Crippen molar-refractivity contribution in [1.29, 1.82) is 0 Å². The first-order valence-corrected chi connectivity index (χ1v) is 9.28. The molecule has 0 aromatic heterocycles. The van der Waals surface area contributed by atoms with Crippen LogP contribution in [0.4, 0.5) is 11.4 Å². The van der Waals surface area contributed by atoms with Gasteiger partial charge in [0.1, 0.15) is 0 Å². The molecule has 1 aromatic rings. The molecule has 1 fully saturated rings. The summed E-state index contributed by atoms with van der Waals surface area (Å²) in [5.74, 6) is 0.0165. The van der Waals surface area contributed by atoms with Crippen molar-refractivity contribution in [3.63, 3.8) is 0 Å². The second-order valence-corrected chi connectivity index (χ2v) is 7.69. The van der Waals surface area contributed by atoms with Gasteiger partial charge in [0.05, 0.1) is 17.6 Å². The van der Waals surface area contributed by atoms with Gasteiger partial charge in [-0.05, 0) is 49.9 Å². The van der Waals surface area contributed by atoms with Gasteiger partial charge in [-0.25, -0.2) is 8.42 Å². The van der Waals surface area contributed by atoms with Gasteiger partial charge < -0.3 is 11.1 Å². The molecule has 6 nitrogen and oxygen atoms in total. The zero-order chi connectivity index (χ0) is 16.3. The van der Waals surface area contributed by atoms with Crippen LogP contribution in [0.3, 0.4) is 0 Å². The maximum atomic E-state index is 12.5. The third kappa shape index (κ3) is 5.37. The molecule has 4 N–H and O–H groups in total. The van der Waals surface area contributed by atoms with Crippen LogP contribution in [0.1, 0.15) is 24.8 Å². The van der Waals surface area contributed by atoms with Crippen molar-refractivity contribution in [3.05, 3.63) is 23.8 Å². The van der Waals surface area contributed by atoms with Gasteiger partial charge in [0, 0.05) is 5.92 Å². The number of benzene rings is 1. The predicted molar refractivity (Wildman–Crippen MR) is 95.4 cm³/mol. The second kappa shape index (κ2) is 7.99. The topological polar surface area (TPSA) is 101 Å². The minimum atomic E-state index is -3.40. The second-order valence-electron chi connectivity index (χ2n) is 5.95. The van der Waals surface area contributed by atoms with Gasteiger partial charge in [0.25, 0.3) is 0 Å². The predicted octanol–water partition coefficient (Wildman–Crippen LogP) is 2.10. The van der Waals surface area contributed by atoms with Crippen molar-refractivity contribution in [2.75, 3.05) is 22.8 Å². The molecule has 0 unspecified atom stereocenters. The van der Waals surface area contributed by atoms with Crippen LogP contribution in [0.25, 0.3) is 0 Å². The van der Waals surface area contributed by atoms with Crippen molar-refractivity contribution >= 4 is 39.7 Å². The fraction of sp³-hybridized carbons (Fsp3) is 0.533. The van der Waals surface area contributed by atoms with E-state index in [2.05, 4.69) is 10.0 Å². The van der Waals surface area contributed by atoms with Crippen LogP contribution in [-0.4, -0.2) is 27.1 Å². The quantitative estimate of drug-likeness (QED) is 0.747. The molecule has 0 aliphatic heterocycles. The summed E-state index contributed by atoms with van der Waals surface area (Å²) >= 11 is 0. The van der Waals surface area contributed by atoms with Crippen molar-refractivity contribution in [2.24, 2.45) is 17.6 Å². The van der Waals surface area contributed by atoms with Crippen LogP contribution in [-0.2, 0) is 14.8 Å². The van der Waals surface area contributed by atoms with Gasteiger partial charge in [-0.2, -0.15) is 0 Å². The summed E-state index contributed by atoms with van der Waals surface area (Å²) in [6, 6.07) is 5.21. The normalized spacial score (nSPS) is 20.7. The van der Waals surface area contributed by atoms with Crippen LogP contribution in [0.15, 0.2) is 18.2 Å². The molecule has 0 heterocycles. The molecule has 8 heteroatoms. The number of amides is 1. The molecule has 1 aliphatic carbocycles. The number of carbonyl (C=O) groups is 1. The van der Waals surface area contributed by atoms with Gasteiger partial charge in [-0.1, -0.05) is 12.5 Å². The lowest BCUT2D eigenvalue weighted by Gasteiger charge is -2.19. The Balaban J connectivity index is 0.00000264. The Morgan fingerprint density at radius 2 is 2.00 bits per heavy atom. The van der Waals surface area contributed by atoms with E-state index in [-0.39, 0.29) is 30.2 Å². The Kier molecular flexibility index (Phi) is 6.85. The van der Waals surface area contributed by atoms with E-state index in [0.717, 1.165) is 31.1 Å². The zero-order valence-corrected chi connectivity index (χ0v) is 15.0. The Bertz CT molecular complexity index is 664. The van der Waals surface area contributed by atoms with Gasteiger partial charge in [-0.3, -0.25) is 9.52 Å². The first-order valence-electron chi connectivity index (χ1n) is 7.39. The average molecular weight is 362 g/mol. The van der Waals surface area contributed by atoms with E-state index in [0.29, 0.717) is 17.9 Å². The van der Waals surface area contributed by atoms with Crippen molar-refractivity contribution < 1.29 is 13.2 Å². The largest absolute Gasteiger partial charge is 0.330 e. The van der Waals surface area contributed by atoms with Gasteiger partial charge >= 0.3 is 0 Å². The zero-order valence-electron chi connectivity index (χ0n) is 13.3. The maximum Gasteiger partial charge on any atom is 0.229 e. The standard InChI is InChI=1S/C15H23N3O3S.ClH/c1-10-6-7-13(18-22(2,20)21)14(8-10)17-15(19)12-5-3-4-11(12)9-16;/h6-8,11-12,18H,3-5,9,16H2,1-2H3,(H,17,19);1H/t11-,12-;/m1./s1. The number of hydrogen-bond acceptors (Lipinski definition) is 4. The molecule has 0 spiro atoms. The van der Waals surface area contributed by atoms with Crippen LogP contribution in [0.5, 0.6) is 0 Å². The molecule has 1 amide bonds. The fourth-order valence-corrected chi connectivity index (χ4v) is 3.52. The van der Waals surface area contributed by atoms with Crippen LogP contribution in [0.2, 0.25) is 0 Å². The number of rotatable bonds is 5. The minimum Gasteiger partial charge on any atom is -0.330 e. The smallest absolute Gasteiger partial charge is 0.229 e. The highest BCUT2D eigenvalue weighted by molar-refractivity contribution is 7.92. The number of carbonyl (C=O) groups excluding carboxylic acids is 1. The van der Waals surface area contributed by atoms with Crippen molar-refractivity contribution in [1.82, 2.24) is 0 Å². The highest BCUT2D eigenvalue weighted by Gasteiger charge is 2.32. The summed E-state index contributed by atoms with van der Waals surface area (Å²) in [6.07, 6.45) is 3.88. The molecule has 1 aromatic carbocycles. The molecule has 1 saturated carbocycles. The summed E-state index contributed by atoms with van der Waals surface area (Å²) < 4.78 is 25.3. The highest BCUT2D eigenvalue weighted by Crippen LogP contribution is 2.33. The van der Waals surface area contributed by atoms with Crippen LogP contribution < -0.4 is 15.8 Å². The summed E-state index contributed by atoms with van der Waals surface area (Å²) in [4.78, 5) is 12.5. The average Bonchev–Trinajstić information content (AvgIpc) is 2.89. The minimum absolute atomic E-state index is 0. The SMILES string of the molecule is Cc1ccc(NS(C)(=O)=O)c(NC(=O)[C@@H]2CCC[C@@H]2CN)c1.Cl. The molecule has 0 radical (unpaired) electrons. The lowest BCUT2D eigenvalue weighted by molar-refractivity contribution is -0.120. The summed E-state index contributed by atoms with van der Waals surface area (Å²) in [5.41, 5.74) is 7.52. The van der Waals surface area contributed by atoms with E-state index in [1.165, 1.54) is 0 Å². The van der Waals surface area contributed by atoms with Crippen molar-refractivity contribution in [2.45, 2.75) is 26.2 Å². The number of halogens is 1. The molecule has 0 saturated heterocycles. The van der Waals surface area contributed by atoms with Crippen molar-refractivity contribution in [3.8, 4) is 0 Å². The molecule has 0 bridgehead atoms. The monoisotopic (exact) mass is 361 g/mol. The molecule has 130 valence electrons. The lowest BCUT2D eigenvalue weighted by atomic mass is 9.95. The number of nitrogens with one attached hydrogen (secondary N) is 2. The van der Waals surface area contributed by atoms with E-state index in [9.17, 15) is 13.2 Å². The van der Waals surface area contributed by atoms with E-state index in [4.69, 9.17) is 5.73 Å². The Morgan fingerprint density at radius 3 is 2.61 bits per heavy atom. The summed E-state index contributed by atoms with van der Waals surface area (Å²) in [5, 5.41) is 2.86. The Hall–Kier alpha value is -1.31. The Labute approximate surface area is 143 Å². The fourth-order valence-electron chi connectivity index (χ4n) is 2.94. The molecular weight excluding hydrogens is 338 g/mol. The lowest BCUT2D eigenvalue weighted by Crippen LogP contribution is -2.30. The van der Waals surface area contributed by atoms with E-state index in [1.54, 1.807) is 18.2 Å². The van der Waals surface area contributed by atoms with Gasteiger partial charge in [-0.15, -0.1) is 12.4 Å². The molecule has 2 rings (SSSR count). The number of anilines is 2. The number of hydrogen-bond donors (Lipinski definition) is 3. The molecule has 2 atom stereocenters. The van der Waals surface area contributed by atoms with E-state index >= 15 is 0 Å². The Morgan fingerprint density at radius 1 is 1.30 bits per heavy atom. The third-order valence-corrected chi connectivity index (χ3v) is 4.62. The van der Waals surface area contributed by atoms with E-state index in [1.807, 2.05) is 6.92 Å². The first-order chi connectivity index (χ1) is 10.3. The van der Waals surface area contributed by atoms with Gasteiger partial charge in [0.15, 0.2) is 0 Å². The molecule has 23 heavy (non-hydrogen) atoms.